The van der Waals surface area contributed by atoms with E-state index in [0.29, 0.717) is 12.5 Å². The first-order valence-corrected chi connectivity index (χ1v) is 7.81. The average molecular weight is 280 g/mol. The standard InChI is InChI=1S/C16H28N2O2/c1-14(2)10-17-11-15-9-16(20-12-15)13-19-8-7-18-5-3-4-6-18/h9,12,14,17H,3-8,10-11,13H2,1-2H3. The molecule has 4 nitrogen and oxygen atoms in total. The molecule has 2 rings (SSSR count). The molecule has 2 heterocycles. The molecule has 1 N–H and O–H groups in total. The normalized spacial score (nSPS) is 16.4. The molecular formula is C16H28N2O2. The SMILES string of the molecule is CC(C)CNCc1coc(COCCN2CCCC2)c1. The van der Waals surface area contributed by atoms with E-state index in [4.69, 9.17) is 9.15 Å². The van der Waals surface area contributed by atoms with Gasteiger partial charge in [-0.25, -0.2) is 0 Å². The van der Waals surface area contributed by atoms with Crippen molar-refractivity contribution >= 4 is 0 Å². The van der Waals surface area contributed by atoms with Gasteiger partial charge in [0.25, 0.3) is 0 Å². The number of nitrogens with zero attached hydrogens (tertiary/aromatic N) is 1. The second kappa shape index (κ2) is 8.45. The highest BCUT2D eigenvalue weighted by atomic mass is 16.5. The van der Waals surface area contributed by atoms with Gasteiger partial charge in [-0.2, -0.15) is 0 Å². The second-order valence-corrected chi connectivity index (χ2v) is 6.05. The van der Waals surface area contributed by atoms with Crippen LogP contribution >= 0.6 is 0 Å². The molecule has 20 heavy (non-hydrogen) atoms. The number of hydrogen-bond acceptors (Lipinski definition) is 4. The van der Waals surface area contributed by atoms with Crippen molar-refractivity contribution < 1.29 is 9.15 Å². The van der Waals surface area contributed by atoms with Crippen LogP contribution in [0, 0.1) is 5.92 Å². The molecule has 1 saturated heterocycles. The van der Waals surface area contributed by atoms with Crippen molar-refractivity contribution in [2.24, 2.45) is 5.92 Å². The minimum Gasteiger partial charge on any atom is -0.467 e. The lowest BCUT2D eigenvalue weighted by molar-refractivity contribution is 0.0875. The summed E-state index contributed by atoms with van der Waals surface area (Å²) >= 11 is 0. The van der Waals surface area contributed by atoms with Gasteiger partial charge >= 0.3 is 0 Å². The fourth-order valence-corrected chi connectivity index (χ4v) is 2.47. The summed E-state index contributed by atoms with van der Waals surface area (Å²) in [5.74, 6) is 1.60. The van der Waals surface area contributed by atoms with E-state index in [0.717, 1.165) is 32.0 Å². The van der Waals surface area contributed by atoms with Crippen LogP contribution in [0.15, 0.2) is 16.7 Å². The zero-order valence-corrected chi connectivity index (χ0v) is 12.9. The Labute approximate surface area is 122 Å². The van der Waals surface area contributed by atoms with E-state index in [1.807, 2.05) is 6.26 Å². The van der Waals surface area contributed by atoms with E-state index in [-0.39, 0.29) is 0 Å². The zero-order chi connectivity index (χ0) is 14.2. The number of ether oxygens (including phenoxy) is 1. The summed E-state index contributed by atoms with van der Waals surface area (Å²) in [5, 5.41) is 3.41. The second-order valence-electron chi connectivity index (χ2n) is 6.05. The highest BCUT2D eigenvalue weighted by Gasteiger charge is 2.10. The summed E-state index contributed by atoms with van der Waals surface area (Å²) < 4.78 is 11.2. The fraction of sp³-hybridized carbons (Fsp3) is 0.750. The van der Waals surface area contributed by atoms with E-state index in [1.54, 1.807) is 0 Å². The maximum Gasteiger partial charge on any atom is 0.129 e. The smallest absolute Gasteiger partial charge is 0.129 e. The predicted molar refractivity (Wildman–Crippen MR) is 80.6 cm³/mol. The molecule has 0 unspecified atom stereocenters. The molecule has 114 valence electrons. The van der Waals surface area contributed by atoms with Gasteiger partial charge in [0.1, 0.15) is 12.4 Å². The molecule has 1 aromatic rings. The van der Waals surface area contributed by atoms with Crippen LogP contribution in [-0.2, 0) is 17.9 Å². The Morgan fingerprint density at radius 3 is 2.90 bits per heavy atom. The molecule has 0 aliphatic carbocycles. The summed E-state index contributed by atoms with van der Waals surface area (Å²) in [5.41, 5.74) is 1.20. The number of hydrogen-bond donors (Lipinski definition) is 1. The molecule has 0 bridgehead atoms. The number of rotatable bonds is 9. The van der Waals surface area contributed by atoms with E-state index in [1.165, 1.54) is 31.5 Å². The average Bonchev–Trinajstić information content (AvgIpc) is 3.05. The topological polar surface area (TPSA) is 37.6 Å². The molecule has 0 amide bonds. The molecule has 0 saturated carbocycles. The van der Waals surface area contributed by atoms with E-state index in [9.17, 15) is 0 Å². The summed E-state index contributed by atoms with van der Waals surface area (Å²) in [6.45, 7) is 11.2. The monoisotopic (exact) mass is 280 g/mol. The van der Waals surface area contributed by atoms with Crippen LogP contribution in [0.1, 0.15) is 38.0 Å². The summed E-state index contributed by atoms with van der Waals surface area (Å²) in [4.78, 5) is 2.46. The quantitative estimate of drug-likeness (QED) is 0.706. The van der Waals surface area contributed by atoms with Crippen molar-refractivity contribution in [3.63, 3.8) is 0 Å². The van der Waals surface area contributed by atoms with Crippen molar-refractivity contribution in [3.8, 4) is 0 Å². The van der Waals surface area contributed by atoms with Crippen molar-refractivity contribution in [2.75, 3.05) is 32.8 Å². The van der Waals surface area contributed by atoms with Gasteiger partial charge in [-0.05, 0) is 44.5 Å². The highest BCUT2D eigenvalue weighted by Crippen LogP contribution is 2.10. The van der Waals surface area contributed by atoms with E-state index in [2.05, 4.69) is 30.1 Å². The zero-order valence-electron chi connectivity index (χ0n) is 12.9. The van der Waals surface area contributed by atoms with Gasteiger partial charge in [0, 0.05) is 18.7 Å². The van der Waals surface area contributed by atoms with Crippen LogP contribution in [0.2, 0.25) is 0 Å². The third-order valence-electron chi connectivity index (χ3n) is 3.58. The molecule has 0 aromatic carbocycles. The number of furan rings is 1. The molecule has 4 heteroatoms. The lowest BCUT2D eigenvalue weighted by atomic mass is 10.2. The van der Waals surface area contributed by atoms with Crippen LogP contribution in [0.25, 0.3) is 0 Å². The van der Waals surface area contributed by atoms with Crippen LogP contribution in [0.5, 0.6) is 0 Å². The van der Waals surface area contributed by atoms with Gasteiger partial charge in [-0.3, -0.25) is 0 Å². The first-order chi connectivity index (χ1) is 9.74. The van der Waals surface area contributed by atoms with Crippen LogP contribution in [0.4, 0.5) is 0 Å². The Balaban J connectivity index is 1.57. The Bertz CT molecular complexity index is 370. The Kier molecular flexibility index (Phi) is 6.57. The van der Waals surface area contributed by atoms with Crippen LogP contribution in [-0.4, -0.2) is 37.7 Å². The fourth-order valence-electron chi connectivity index (χ4n) is 2.47. The largest absolute Gasteiger partial charge is 0.467 e. The Morgan fingerprint density at radius 1 is 1.35 bits per heavy atom. The van der Waals surface area contributed by atoms with Crippen molar-refractivity contribution in [1.82, 2.24) is 10.2 Å². The molecular weight excluding hydrogens is 252 g/mol. The first kappa shape index (κ1) is 15.5. The minimum atomic E-state index is 0.581. The highest BCUT2D eigenvalue weighted by molar-refractivity contribution is 5.11. The van der Waals surface area contributed by atoms with Gasteiger partial charge in [0.05, 0.1) is 12.9 Å². The molecule has 1 aliphatic heterocycles. The Morgan fingerprint density at radius 2 is 2.15 bits per heavy atom. The Hall–Kier alpha value is -0.840. The van der Waals surface area contributed by atoms with E-state index < -0.39 is 0 Å². The number of nitrogens with one attached hydrogen (secondary N) is 1. The first-order valence-electron chi connectivity index (χ1n) is 7.81. The van der Waals surface area contributed by atoms with Crippen LogP contribution in [0.3, 0.4) is 0 Å². The van der Waals surface area contributed by atoms with Gasteiger partial charge in [0.2, 0.25) is 0 Å². The molecule has 1 fully saturated rings. The van der Waals surface area contributed by atoms with Crippen molar-refractivity contribution in [1.29, 1.82) is 0 Å². The van der Waals surface area contributed by atoms with E-state index >= 15 is 0 Å². The molecule has 1 aliphatic rings. The molecule has 0 radical (unpaired) electrons. The minimum absolute atomic E-state index is 0.581. The van der Waals surface area contributed by atoms with Gasteiger partial charge in [-0.15, -0.1) is 0 Å². The van der Waals surface area contributed by atoms with Crippen molar-refractivity contribution in [2.45, 2.75) is 39.8 Å². The lowest BCUT2D eigenvalue weighted by Gasteiger charge is -2.13. The maximum absolute atomic E-state index is 5.68. The molecule has 0 atom stereocenters. The molecule has 1 aromatic heterocycles. The van der Waals surface area contributed by atoms with Crippen molar-refractivity contribution in [3.05, 3.63) is 23.7 Å². The summed E-state index contributed by atoms with van der Waals surface area (Å²) in [6.07, 6.45) is 4.50. The van der Waals surface area contributed by atoms with Gasteiger partial charge in [-0.1, -0.05) is 13.8 Å². The van der Waals surface area contributed by atoms with Gasteiger partial charge < -0.3 is 19.4 Å². The third kappa shape index (κ3) is 5.65. The number of likely N-dealkylation sites (tertiary alicyclic amines) is 1. The predicted octanol–water partition coefficient (Wildman–Crippen LogP) is 2.64. The summed E-state index contributed by atoms with van der Waals surface area (Å²) in [6, 6.07) is 2.09. The lowest BCUT2D eigenvalue weighted by Crippen LogP contribution is -2.23. The van der Waals surface area contributed by atoms with Gasteiger partial charge in [0.15, 0.2) is 0 Å². The third-order valence-corrected chi connectivity index (χ3v) is 3.58. The molecule has 0 spiro atoms. The summed E-state index contributed by atoms with van der Waals surface area (Å²) in [7, 11) is 0. The maximum atomic E-state index is 5.68. The van der Waals surface area contributed by atoms with Crippen LogP contribution < -0.4 is 5.32 Å².